The molecule has 1 aliphatic heterocycles. The molecule has 36 heavy (non-hydrogen) atoms. The number of rotatable bonds is 5. The number of nitrogens with one attached hydrogen (secondary N) is 2. The molecular weight excluding hydrogens is 460 g/mol. The molecule has 0 radical (unpaired) electrons. The molecule has 0 spiro atoms. The fourth-order valence-corrected chi connectivity index (χ4v) is 5.36. The van der Waals surface area contributed by atoms with Crippen molar-refractivity contribution in [3.05, 3.63) is 58.0 Å². The van der Waals surface area contributed by atoms with Crippen LogP contribution in [0.2, 0.25) is 0 Å². The second-order valence-electron chi connectivity index (χ2n) is 9.58. The quantitative estimate of drug-likeness (QED) is 0.567. The molecule has 1 aliphatic carbocycles. The van der Waals surface area contributed by atoms with E-state index in [-0.39, 0.29) is 29.5 Å². The zero-order chi connectivity index (χ0) is 25.2. The number of carbonyl (C=O) groups is 2. The lowest BCUT2D eigenvalue weighted by Crippen LogP contribution is -2.40. The van der Waals surface area contributed by atoms with Crippen LogP contribution in [0, 0.1) is 12.8 Å². The van der Waals surface area contributed by atoms with Crippen molar-refractivity contribution in [2.75, 3.05) is 38.7 Å². The van der Waals surface area contributed by atoms with Gasteiger partial charge in [-0.2, -0.15) is 0 Å². The third-order valence-corrected chi connectivity index (χ3v) is 7.39. The molecule has 1 saturated carbocycles. The largest absolute Gasteiger partial charge is 0.496 e. The minimum atomic E-state index is -0.216. The Bertz CT molecular complexity index is 1330. The second kappa shape index (κ2) is 10.2. The van der Waals surface area contributed by atoms with Crippen molar-refractivity contribution in [3.8, 4) is 5.75 Å². The fourth-order valence-electron chi connectivity index (χ4n) is 5.36. The first-order valence-corrected chi connectivity index (χ1v) is 12.5. The molecule has 2 fully saturated rings. The minimum absolute atomic E-state index is 0.0102. The summed E-state index contributed by atoms with van der Waals surface area (Å²) in [5, 5.41) is 3.01. The van der Waals surface area contributed by atoms with Gasteiger partial charge < -0.3 is 24.7 Å². The maximum absolute atomic E-state index is 13.1. The summed E-state index contributed by atoms with van der Waals surface area (Å²) in [5.41, 5.74) is 3.33. The van der Waals surface area contributed by atoms with Crippen molar-refractivity contribution in [2.24, 2.45) is 5.92 Å². The van der Waals surface area contributed by atoms with Gasteiger partial charge in [-0.05, 0) is 56.4 Å². The lowest BCUT2D eigenvalue weighted by Gasteiger charge is -2.29. The molecule has 190 valence electrons. The number of H-pyrrole nitrogens is 1. The molecule has 0 atom stereocenters. The van der Waals surface area contributed by atoms with Crippen LogP contribution in [0.4, 0.5) is 5.69 Å². The molecule has 0 unspecified atom stereocenters. The molecule has 9 nitrogen and oxygen atoms in total. The van der Waals surface area contributed by atoms with Gasteiger partial charge in [-0.1, -0.05) is 12.1 Å². The Morgan fingerprint density at radius 3 is 2.56 bits per heavy atom. The molecule has 2 heterocycles. The van der Waals surface area contributed by atoms with Crippen molar-refractivity contribution >= 4 is 28.5 Å². The van der Waals surface area contributed by atoms with E-state index in [4.69, 9.17) is 9.47 Å². The number of aryl methyl sites for hydroxylation is 1. The number of fused-ring (bicyclic) bond motifs is 1. The highest BCUT2D eigenvalue weighted by Crippen LogP contribution is 2.34. The van der Waals surface area contributed by atoms with Gasteiger partial charge in [0.25, 0.3) is 5.91 Å². The Labute approximate surface area is 209 Å². The lowest BCUT2D eigenvalue weighted by molar-refractivity contribution is -0.121. The van der Waals surface area contributed by atoms with E-state index in [1.807, 2.05) is 37.3 Å². The Balaban J connectivity index is 1.29. The summed E-state index contributed by atoms with van der Waals surface area (Å²) in [6, 6.07) is 11.1. The number of anilines is 1. The average molecular weight is 493 g/mol. The Kier molecular flexibility index (Phi) is 6.82. The third kappa shape index (κ3) is 4.63. The van der Waals surface area contributed by atoms with E-state index in [9.17, 15) is 14.4 Å². The number of hydrogen-bond acceptors (Lipinski definition) is 5. The van der Waals surface area contributed by atoms with E-state index < -0.39 is 0 Å². The van der Waals surface area contributed by atoms with Gasteiger partial charge >= 0.3 is 5.69 Å². The van der Waals surface area contributed by atoms with Crippen molar-refractivity contribution in [1.82, 2.24) is 14.5 Å². The number of nitrogens with zero attached hydrogens (tertiary/aromatic N) is 2. The van der Waals surface area contributed by atoms with Gasteiger partial charge in [-0.3, -0.25) is 14.2 Å². The van der Waals surface area contributed by atoms with E-state index in [0.717, 1.165) is 22.5 Å². The summed E-state index contributed by atoms with van der Waals surface area (Å²) in [4.78, 5) is 43.7. The van der Waals surface area contributed by atoms with Crippen molar-refractivity contribution < 1.29 is 19.1 Å². The summed E-state index contributed by atoms with van der Waals surface area (Å²) in [7, 11) is 1.61. The monoisotopic (exact) mass is 492 g/mol. The van der Waals surface area contributed by atoms with Crippen molar-refractivity contribution in [1.29, 1.82) is 0 Å². The number of aromatic amines is 1. The second-order valence-corrected chi connectivity index (χ2v) is 9.58. The number of hydrogen-bond donors (Lipinski definition) is 2. The molecule has 5 rings (SSSR count). The summed E-state index contributed by atoms with van der Waals surface area (Å²) < 4.78 is 12.5. The first-order chi connectivity index (χ1) is 17.5. The van der Waals surface area contributed by atoms with E-state index in [2.05, 4.69) is 10.3 Å². The smallest absolute Gasteiger partial charge is 0.326 e. The van der Waals surface area contributed by atoms with Crippen LogP contribution in [0.25, 0.3) is 11.0 Å². The average Bonchev–Trinajstić information content (AvgIpc) is 3.25. The molecule has 0 bridgehead atoms. The van der Waals surface area contributed by atoms with E-state index in [1.165, 1.54) is 0 Å². The molecular formula is C27H32N4O5. The Hall–Kier alpha value is -3.59. The number of methoxy groups -OCH3 is 1. The number of imidazole rings is 1. The van der Waals surface area contributed by atoms with Crippen LogP contribution < -0.4 is 15.7 Å². The molecule has 1 saturated heterocycles. The van der Waals surface area contributed by atoms with Crippen LogP contribution in [-0.4, -0.2) is 59.7 Å². The number of aromatic nitrogens is 2. The zero-order valence-corrected chi connectivity index (χ0v) is 20.7. The standard InChI is InChI=1S/C27H32N4O5/c1-17-6-9-19(16-23(17)35-2)28-25(32)18-7-10-20(11-8-18)31-22-5-3-4-21(24(22)29-27(31)34)26(33)30-12-14-36-15-13-30/h3-6,9,16,18,20H,7-8,10-15H2,1-2H3,(H,28,32)(H,29,34). The van der Waals surface area contributed by atoms with Crippen LogP contribution in [0.15, 0.2) is 41.2 Å². The molecule has 2 amide bonds. The highest BCUT2D eigenvalue weighted by atomic mass is 16.5. The predicted molar refractivity (Wildman–Crippen MR) is 137 cm³/mol. The van der Waals surface area contributed by atoms with Crippen LogP contribution in [-0.2, 0) is 9.53 Å². The van der Waals surface area contributed by atoms with E-state index >= 15 is 0 Å². The molecule has 9 heteroatoms. The molecule has 2 N–H and O–H groups in total. The van der Waals surface area contributed by atoms with E-state index in [0.29, 0.717) is 63.1 Å². The van der Waals surface area contributed by atoms with Gasteiger partial charge in [0.1, 0.15) is 5.75 Å². The maximum Gasteiger partial charge on any atom is 0.326 e. The Morgan fingerprint density at radius 2 is 1.83 bits per heavy atom. The summed E-state index contributed by atoms with van der Waals surface area (Å²) in [5.74, 6) is 0.518. The van der Waals surface area contributed by atoms with Crippen LogP contribution in [0.5, 0.6) is 5.75 Å². The number of morpholine rings is 1. The Morgan fingerprint density at radius 1 is 1.08 bits per heavy atom. The zero-order valence-electron chi connectivity index (χ0n) is 20.7. The molecule has 3 aromatic rings. The first-order valence-electron chi connectivity index (χ1n) is 12.5. The fraction of sp³-hybridized carbons (Fsp3) is 0.444. The van der Waals surface area contributed by atoms with Gasteiger partial charge in [0.2, 0.25) is 5.91 Å². The third-order valence-electron chi connectivity index (χ3n) is 7.39. The van der Waals surface area contributed by atoms with Gasteiger partial charge in [0, 0.05) is 36.8 Å². The van der Waals surface area contributed by atoms with Gasteiger partial charge in [0.05, 0.1) is 36.9 Å². The predicted octanol–water partition coefficient (Wildman–Crippen LogP) is 3.49. The lowest BCUT2D eigenvalue weighted by atomic mass is 9.85. The summed E-state index contributed by atoms with van der Waals surface area (Å²) in [6.07, 6.45) is 2.80. The SMILES string of the molecule is COc1cc(NC(=O)C2CCC(n3c(=O)[nH]c4c(C(=O)N5CCOCC5)cccc43)CC2)ccc1C. The van der Waals surface area contributed by atoms with E-state index in [1.54, 1.807) is 22.6 Å². The summed E-state index contributed by atoms with van der Waals surface area (Å²) >= 11 is 0. The first kappa shape index (κ1) is 24.1. The number of ether oxygens (including phenoxy) is 2. The summed E-state index contributed by atoms with van der Waals surface area (Å²) in [6.45, 7) is 4.09. The van der Waals surface area contributed by atoms with Gasteiger partial charge in [0.15, 0.2) is 0 Å². The highest BCUT2D eigenvalue weighted by molar-refractivity contribution is 6.05. The molecule has 2 aliphatic rings. The van der Waals surface area contributed by atoms with Crippen molar-refractivity contribution in [2.45, 2.75) is 38.6 Å². The minimum Gasteiger partial charge on any atom is -0.496 e. The number of benzene rings is 2. The van der Waals surface area contributed by atoms with Crippen LogP contribution in [0.1, 0.15) is 47.6 Å². The maximum atomic E-state index is 13.1. The van der Waals surface area contributed by atoms with Crippen LogP contribution >= 0.6 is 0 Å². The number of amides is 2. The van der Waals surface area contributed by atoms with Gasteiger partial charge in [-0.25, -0.2) is 4.79 Å². The van der Waals surface area contributed by atoms with Crippen molar-refractivity contribution in [3.63, 3.8) is 0 Å². The van der Waals surface area contributed by atoms with Gasteiger partial charge in [-0.15, -0.1) is 0 Å². The van der Waals surface area contributed by atoms with Crippen LogP contribution in [0.3, 0.4) is 0 Å². The molecule has 1 aromatic heterocycles. The normalized spacial score (nSPS) is 20.3. The molecule has 2 aromatic carbocycles. The topological polar surface area (TPSA) is 106 Å². The number of para-hydroxylation sites is 1. The highest BCUT2D eigenvalue weighted by Gasteiger charge is 2.30. The number of carbonyl (C=O) groups excluding carboxylic acids is 2.